The number of halogens is 1. The molecule has 10 nitrogen and oxygen atoms in total. The molecule has 0 spiro atoms. The van der Waals surface area contributed by atoms with E-state index in [0.717, 1.165) is 30.4 Å². The number of carbonyl (C=O) groups is 2. The summed E-state index contributed by atoms with van der Waals surface area (Å²) in [4.78, 5) is 42.1. The van der Waals surface area contributed by atoms with Crippen molar-refractivity contribution in [2.45, 2.75) is 25.3 Å². The predicted molar refractivity (Wildman–Crippen MR) is 134 cm³/mol. The molecule has 11 heteroatoms. The number of aliphatic imine (C=N–C) groups is 1. The fraction of sp³-hybridized carbons (Fsp3) is 0.308. The van der Waals surface area contributed by atoms with Gasteiger partial charge in [-0.25, -0.2) is 14.1 Å². The number of aromatic amines is 1. The van der Waals surface area contributed by atoms with Gasteiger partial charge in [0.25, 0.3) is 11.7 Å². The number of benzene rings is 1. The van der Waals surface area contributed by atoms with Crippen molar-refractivity contribution in [2.75, 3.05) is 26.2 Å². The molecule has 188 valence electrons. The molecule has 0 bridgehead atoms. The molecule has 0 unspecified atom stereocenters. The van der Waals surface area contributed by atoms with E-state index >= 15 is 0 Å². The van der Waals surface area contributed by atoms with E-state index in [1.54, 1.807) is 6.20 Å². The Kier molecular flexibility index (Phi) is 5.95. The smallest absolute Gasteiger partial charge is 0.295 e. The summed E-state index contributed by atoms with van der Waals surface area (Å²) in [7, 11) is 0. The zero-order valence-electron chi connectivity index (χ0n) is 20.0. The quantitative estimate of drug-likeness (QED) is 0.195. The Morgan fingerprint density at radius 3 is 2.49 bits per heavy atom. The molecule has 4 heterocycles. The van der Waals surface area contributed by atoms with Crippen LogP contribution in [0.15, 0.2) is 60.1 Å². The van der Waals surface area contributed by atoms with Crippen LogP contribution in [-0.4, -0.2) is 84.5 Å². The Hall–Kier alpha value is -4.41. The number of aromatic nitrogens is 5. The van der Waals surface area contributed by atoms with Crippen LogP contribution in [0.2, 0.25) is 0 Å². The number of ketones is 1. The highest BCUT2D eigenvalue weighted by Crippen LogP contribution is 2.27. The molecule has 2 fully saturated rings. The lowest BCUT2D eigenvalue weighted by Crippen LogP contribution is -2.52. The Bertz CT molecular complexity index is 1470. The average Bonchev–Trinajstić information content (AvgIpc) is 3.60. The van der Waals surface area contributed by atoms with E-state index in [0.29, 0.717) is 32.2 Å². The molecule has 6 rings (SSSR count). The van der Waals surface area contributed by atoms with Crippen LogP contribution in [0.4, 0.5) is 4.39 Å². The highest BCUT2D eigenvalue weighted by atomic mass is 19.1. The highest BCUT2D eigenvalue weighted by molar-refractivity contribution is 6.45. The van der Waals surface area contributed by atoms with Gasteiger partial charge in [-0.2, -0.15) is 0 Å². The number of H-pyrrole nitrogens is 1. The molecule has 0 radical (unpaired) electrons. The van der Waals surface area contributed by atoms with Crippen molar-refractivity contribution in [1.29, 1.82) is 0 Å². The average molecular weight is 501 g/mol. The van der Waals surface area contributed by atoms with E-state index in [2.05, 4.69) is 25.2 Å². The van der Waals surface area contributed by atoms with E-state index < -0.39 is 17.5 Å². The van der Waals surface area contributed by atoms with Gasteiger partial charge in [-0.3, -0.25) is 14.6 Å². The maximum Gasteiger partial charge on any atom is 0.295 e. The van der Waals surface area contributed by atoms with Crippen molar-refractivity contribution in [3.05, 3.63) is 72.1 Å². The van der Waals surface area contributed by atoms with Gasteiger partial charge in [0.15, 0.2) is 11.6 Å². The molecule has 3 aromatic heterocycles. The summed E-state index contributed by atoms with van der Waals surface area (Å²) in [5.41, 5.74) is 1.29. The number of nitrogens with one attached hydrogen (secondary N) is 1. The molecule has 1 aromatic carbocycles. The molecule has 1 N–H and O–H groups in total. The Morgan fingerprint density at radius 1 is 1.05 bits per heavy atom. The Balaban J connectivity index is 1.20. The number of pyridine rings is 1. The van der Waals surface area contributed by atoms with Gasteiger partial charge in [0, 0.05) is 37.9 Å². The van der Waals surface area contributed by atoms with E-state index in [1.807, 2.05) is 30.3 Å². The van der Waals surface area contributed by atoms with Crippen LogP contribution >= 0.6 is 0 Å². The van der Waals surface area contributed by atoms with Crippen LogP contribution in [0.25, 0.3) is 16.7 Å². The number of hydrogen-bond acceptors (Lipinski definition) is 6. The number of fused-ring (bicyclic) bond motifs is 1. The number of amidine groups is 1. The maximum atomic E-state index is 14.8. The summed E-state index contributed by atoms with van der Waals surface area (Å²) in [5, 5.41) is 7.64. The standard InChI is InChI=1S/C26H25FN8O2/c27-20-16-29-25(35-10-9-30-32-35)22-21(20)19(15-28-22)23(36)26(37)34-13-11-33(12-14-34)24(31-18-7-4-8-18)17-5-2-1-3-6-17/h1-3,5-6,9-10,15-16,18,28H,4,7-8,11-14H2. The zero-order chi connectivity index (χ0) is 25.4. The SMILES string of the molecule is O=C(C(=O)N1CCN(C(=NC2CCC2)c2ccccc2)CC1)c1c[nH]c2c(-n3ccnn3)ncc(F)c12. The van der Waals surface area contributed by atoms with Crippen LogP contribution in [0, 0.1) is 5.82 Å². The first-order valence-corrected chi connectivity index (χ1v) is 12.3. The zero-order valence-corrected chi connectivity index (χ0v) is 20.0. The third-order valence-electron chi connectivity index (χ3n) is 7.00. The number of rotatable bonds is 5. The summed E-state index contributed by atoms with van der Waals surface area (Å²) in [6.07, 6.45) is 8.79. The van der Waals surface area contributed by atoms with Crippen molar-refractivity contribution < 1.29 is 14.0 Å². The van der Waals surface area contributed by atoms with Crippen LogP contribution < -0.4 is 0 Å². The van der Waals surface area contributed by atoms with Gasteiger partial charge < -0.3 is 14.8 Å². The van der Waals surface area contributed by atoms with Gasteiger partial charge in [-0.1, -0.05) is 35.5 Å². The van der Waals surface area contributed by atoms with Gasteiger partial charge in [0.05, 0.1) is 41.1 Å². The summed E-state index contributed by atoms with van der Waals surface area (Å²) in [6, 6.07) is 10.4. The van der Waals surface area contributed by atoms with Crippen LogP contribution in [0.1, 0.15) is 35.2 Å². The second kappa shape index (κ2) is 9.57. The molecule has 1 aliphatic heterocycles. The van der Waals surface area contributed by atoms with Gasteiger partial charge in [-0.15, -0.1) is 5.10 Å². The first-order valence-electron chi connectivity index (χ1n) is 12.3. The van der Waals surface area contributed by atoms with E-state index in [-0.39, 0.29) is 22.3 Å². The van der Waals surface area contributed by atoms with Gasteiger partial charge in [0.1, 0.15) is 5.84 Å². The number of Topliss-reactive ketones (excluding diaryl/α,β-unsaturated/α-hetero) is 1. The number of carbonyl (C=O) groups excluding carboxylic acids is 2. The molecule has 0 atom stereocenters. The van der Waals surface area contributed by atoms with E-state index in [9.17, 15) is 14.0 Å². The first kappa shape index (κ1) is 23.0. The number of nitrogens with zero attached hydrogens (tertiary/aromatic N) is 7. The topological polar surface area (TPSA) is 112 Å². The molecule has 1 amide bonds. The highest BCUT2D eigenvalue weighted by Gasteiger charge is 2.31. The minimum atomic E-state index is -0.763. The molecular formula is C26H25FN8O2. The normalized spacial score (nSPS) is 16.7. The van der Waals surface area contributed by atoms with E-state index in [1.165, 1.54) is 28.4 Å². The second-order valence-electron chi connectivity index (χ2n) is 9.24. The third-order valence-corrected chi connectivity index (χ3v) is 7.00. The van der Waals surface area contributed by atoms with Crippen molar-refractivity contribution in [2.24, 2.45) is 4.99 Å². The maximum absolute atomic E-state index is 14.8. The minimum absolute atomic E-state index is 0.0106. The third kappa shape index (κ3) is 4.26. The van der Waals surface area contributed by atoms with Gasteiger partial charge >= 0.3 is 0 Å². The Labute approximate surface area is 211 Å². The lowest BCUT2D eigenvalue weighted by atomic mass is 9.93. The molecule has 1 saturated heterocycles. The second-order valence-corrected chi connectivity index (χ2v) is 9.24. The molecule has 1 saturated carbocycles. The van der Waals surface area contributed by atoms with Gasteiger partial charge in [-0.05, 0) is 19.3 Å². The van der Waals surface area contributed by atoms with Crippen molar-refractivity contribution in [3.8, 4) is 5.82 Å². The van der Waals surface area contributed by atoms with Crippen LogP contribution in [0.3, 0.4) is 0 Å². The van der Waals surface area contributed by atoms with Crippen molar-refractivity contribution >= 4 is 28.4 Å². The van der Waals surface area contributed by atoms with Crippen LogP contribution in [0.5, 0.6) is 0 Å². The van der Waals surface area contributed by atoms with E-state index in [4.69, 9.17) is 4.99 Å². The Morgan fingerprint density at radius 2 is 1.81 bits per heavy atom. The van der Waals surface area contributed by atoms with Crippen molar-refractivity contribution in [1.82, 2.24) is 34.8 Å². The minimum Gasteiger partial charge on any atom is -0.357 e. The molecule has 37 heavy (non-hydrogen) atoms. The van der Waals surface area contributed by atoms with Crippen LogP contribution in [-0.2, 0) is 4.79 Å². The lowest BCUT2D eigenvalue weighted by molar-refractivity contribution is -0.127. The monoisotopic (exact) mass is 500 g/mol. The fourth-order valence-electron chi connectivity index (χ4n) is 4.76. The largest absolute Gasteiger partial charge is 0.357 e. The summed E-state index contributed by atoms with van der Waals surface area (Å²) in [6.45, 7) is 1.86. The summed E-state index contributed by atoms with van der Waals surface area (Å²) in [5.74, 6) is -0.887. The van der Waals surface area contributed by atoms with Gasteiger partial charge in [0.2, 0.25) is 0 Å². The lowest BCUT2D eigenvalue weighted by Gasteiger charge is -2.37. The fourth-order valence-corrected chi connectivity index (χ4v) is 4.76. The number of amides is 1. The molecule has 4 aromatic rings. The molecule has 2 aliphatic rings. The summed E-state index contributed by atoms with van der Waals surface area (Å²) < 4.78 is 16.1. The molecular weight excluding hydrogens is 475 g/mol. The van der Waals surface area contributed by atoms with Crippen molar-refractivity contribution in [3.63, 3.8) is 0 Å². The summed E-state index contributed by atoms with van der Waals surface area (Å²) >= 11 is 0. The number of piperazine rings is 1. The number of hydrogen-bond donors (Lipinski definition) is 1. The predicted octanol–water partition coefficient (Wildman–Crippen LogP) is 2.61. The molecule has 1 aliphatic carbocycles. The first-order chi connectivity index (χ1) is 18.1.